The van der Waals surface area contributed by atoms with E-state index in [1.165, 1.54) is 22.9 Å². The number of rotatable bonds is 3. The van der Waals surface area contributed by atoms with Crippen molar-refractivity contribution in [3.05, 3.63) is 64.7 Å². The summed E-state index contributed by atoms with van der Waals surface area (Å²) in [6, 6.07) is 10.3. The normalized spacial score (nSPS) is 16.6. The first-order chi connectivity index (χ1) is 16.6. The van der Waals surface area contributed by atoms with Gasteiger partial charge in [-0.3, -0.25) is 0 Å². The van der Waals surface area contributed by atoms with E-state index < -0.39 is 0 Å². The molecule has 2 aliphatic rings. The molecule has 1 aromatic carbocycles. The second kappa shape index (κ2) is 8.15. The second-order valence-corrected chi connectivity index (χ2v) is 10.4. The van der Waals surface area contributed by atoms with Gasteiger partial charge in [-0.15, -0.1) is 10.2 Å². The standard InChI is InChI=1S/C24H21ClN8S/c25-20-18(4-7-28-21(20)27)34-19-13-29-23(33-14-30-31-22(19)33)32-8-5-24(6-9-32)10-15-2-1-3-16(12-26)17(15)11-24/h1-4,7,13-14H,5-6,8-11H2,(H2,27,28). The number of benzene rings is 1. The minimum absolute atomic E-state index is 0.228. The van der Waals surface area contributed by atoms with Gasteiger partial charge in [0, 0.05) is 30.4 Å². The largest absolute Gasteiger partial charge is 0.382 e. The van der Waals surface area contributed by atoms with Crippen LogP contribution in [0.5, 0.6) is 0 Å². The summed E-state index contributed by atoms with van der Waals surface area (Å²) in [6.45, 7) is 1.80. The summed E-state index contributed by atoms with van der Waals surface area (Å²) in [7, 11) is 0. The summed E-state index contributed by atoms with van der Waals surface area (Å²) in [6.07, 6.45) is 9.32. The van der Waals surface area contributed by atoms with Crippen LogP contribution < -0.4 is 10.6 Å². The zero-order valence-corrected chi connectivity index (χ0v) is 19.9. The van der Waals surface area contributed by atoms with E-state index in [2.05, 4.69) is 32.2 Å². The molecule has 6 rings (SSSR count). The number of aromatic nitrogens is 5. The van der Waals surface area contributed by atoms with E-state index in [1.54, 1.807) is 12.5 Å². The van der Waals surface area contributed by atoms with E-state index >= 15 is 0 Å². The molecule has 2 N–H and O–H groups in total. The Morgan fingerprint density at radius 2 is 1.97 bits per heavy atom. The predicted molar refractivity (Wildman–Crippen MR) is 131 cm³/mol. The summed E-state index contributed by atoms with van der Waals surface area (Å²) in [5.41, 5.74) is 10.2. The lowest BCUT2D eigenvalue weighted by Crippen LogP contribution is -2.41. The SMILES string of the molecule is N#Cc1cccc2c1CC1(CCN(c3ncc(Sc4ccnc(N)c4Cl)c4nncn34)CC1)C2. The average molecular weight is 489 g/mol. The Morgan fingerprint density at radius 1 is 1.12 bits per heavy atom. The van der Waals surface area contributed by atoms with Crippen molar-refractivity contribution in [1.29, 1.82) is 5.26 Å². The third-order valence-electron chi connectivity index (χ3n) is 7.00. The van der Waals surface area contributed by atoms with Gasteiger partial charge in [0.05, 0.1) is 21.6 Å². The maximum absolute atomic E-state index is 9.50. The Kier molecular flexibility index (Phi) is 5.08. The fraction of sp³-hybridized carbons (Fsp3) is 0.292. The fourth-order valence-corrected chi connectivity index (χ4v) is 6.34. The molecule has 1 fully saturated rings. The highest BCUT2D eigenvalue weighted by atomic mass is 35.5. The molecular formula is C24H21ClN8S. The Hall–Kier alpha value is -3.35. The summed E-state index contributed by atoms with van der Waals surface area (Å²) in [5.74, 6) is 1.14. The number of nitrogen functional groups attached to an aromatic ring is 1. The van der Waals surface area contributed by atoms with Gasteiger partial charge >= 0.3 is 0 Å². The van der Waals surface area contributed by atoms with Gasteiger partial charge in [0.15, 0.2) is 5.65 Å². The van der Waals surface area contributed by atoms with Gasteiger partial charge in [0.25, 0.3) is 0 Å². The third kappa shape index (κ3) is 3.45. The summed E-state index contributed by atoms with van der Waals surface area (Å²) >= 11 is 7.78. The zero-order chi connectivity index (χ0) is 23.3. The quantitative estimate of drug-likeness (QED) is 0.457. The van der Waals surface area contributed by atoms with Crippen molar-refractivity contribution < 1.29 is 0 Å². The minimum atomic E-state index is 0.228. The molecule has 0 saturated carbocycles. The van der Waals surface area contributed by atoms with Crippen LogP contribution in [0.25, 0.3) is 5.65 Å². The van der Waals surface area contributed by atoms with Crippen LogP contribution in [-0.4, -0.2) is 37.7 Å². The van der Waals surface area contributed by atoms with Gasteiger partial charge in [-0.1, -0.05) is 35.5 Å². The van der Waals surface area contributed by atoms with Crippen LogP contribution >= 0.6 is 23.4 Å². The molecule has 1 aliphatic heterocycles. The first-order valence-electron chi connectivity index (χ1n) is 11.1. The molecule has 0 radical (unpaired) electrons. The average Bonchev–Trinajstić information content (AvgIpc) is 3.48. The molecule has 1 spiro atoms. The lowest BCUT2D eigenvalue weighted by Gasteiger charge is -2.40. The minimum Gasteiger partial charge on any atom is -0.382 e. The smallest absolute Gasteiger partial charge is 0.212 e. The topological polar surface area (TPSA) is 109 Å². The molecule has 0 atom stereocenters. The van der Waals surface area contributed by atoms with Crippen molar-refractivity contribution in [2.24, 2.45) is 5.41 Å². The molecule has 10 heteroatoms. The molecule has 3 aromatic heterocycles. The number of nitrogens with zero attached hydrogens (tertiary/aromatic N) is 7. The predicted octanol–water partition coefficient (Wildman–Crippen LogP) is 4.16. The Bertz CT molecular complexity index is 1450. The van der Waals surface area contributed by atoms with Crippen molar-refractivity contribution >= 4 is 40.8 Å². The number of hydrogen-bond acceptors (Lipinski definition) is 8. The van der Waals surface area contributed by atoms with Gasteiger partial charge in [-0.05, 0) is 54.4 Å². The number of piperidine rings is 1. The van der Waals surface area contributed by atoms with Crippen molar-refractivity contribution in [3.63, 3.8) is 0 Å². The zero-order valence-electron chi connectivity index (χ0n) is 18.3. The van der Waals surface area contributed by atoms with E-state index in [1.807, 2.05) is 28.8 Å². The molecule has 0 bridgehead atoms. The summed E-state index contributed by atoms with van der Waals surface area (Å²) in [5, 5.41) is 18.4. The number of nitriles is 1. The van der Waals surface area contributed by atoms with Gasteiger partial charge < -0.3 is 10.6 Å². The van der Waals surface area contributed by atoms with E-state index in [-0.39, 0.29) is 5.41 Å². The number of halogens is 1. The maximum atomic E-state index is 9.50. The molecule has 8 nitrogen and oxygen atoms in total. The second-order valence-electron chi connectivity index (χ2n) is 8.95. The van der Waals surface area contributed by atoms with E-state index in [9.17, 15) is 5.26 Å². The molecule has 1 saturated heterocycles. The Balaban J connectivity index is 1.24. The van der Waals surface area contributed by atoms with E-state index in [0.717, 1.165) is 65.7 Å². The first kappa shape index (κ1) is 21.2. The van der Waals surface area contributed by atoms with Crippen LogP contribution in [0, 0.1) is 16.7 Å². The summed E-state index contributed by atoms with van der Waals surface area (Å²) < 4.78 is 1.94. The summed E-state index contributed by atoms with van der Waals surface area (Å²) in [4.78, 5) is 12.8. The highest BCUT2D eigenvalue weighted by molar-refractivity contribution is 7.99. The molecule has 34 heavy (non-hydrogen) atoms. The van der Waals surface area contributed by atoms with Crippen molar-refractivity contribution in [1.82, 2.24) is 24.6 Å². The van der Waals surface area contributed by atoms with Crippen molar-refractivity contribution in [3.8, 4) is 6.07 Å². The first-order valence-corrected chi connectivity index (χ1v) is 12.3. The fourth-order valence-electron chi connectivity index (χ4n) is 5.22. The molecule has 0 amide bonds. The lowest BCUT2D eigenvalue weighted by atomic mass is 9.76. The maximum Gasteiger partial charge on any atom is 0.212 e. The van der Waals surface area contributed by atoms with Gasteiger partial charge in [0.1, 0.15) is 12.1 Å². The van der Waals surface area contributed by atoms with Crippen LogP contribution in [0.2, 0.25) is 5.02 Å². The molecule has 1 aliphatic carbocycles. The lowest BCUT2D eigenvalue weighted by molar-refractivity contribution is 0.231. The molecule has 4 heterocycles. The van der Waals surface area contributed by atoms with Gasteiger partial charge in [0.2, 0.25) is 5.95 Å². The van der Waals surface area contributed by atoms with Crippen LogP contribution in [0.15, 0.2) is 52.8 Å². The molecule has 170 valence electrons. The number of pyridine rings is 1. The number of anilines is 2. The molecule has 0 unspecified atom stereocenters. The van der Waals surface area contributed by atoms with Crippen LogP contribution in [-0.2, 0) is 12.8 Å². The van der Waals surface area contributed by atoms with Crippen molar-refractivity contribution in [2.75, 3.05) is 23.7 Å². The third-order valence-corrected chi connectivity index (χ3v) is 8.58. The van der Waals surface area contributed by atoms with Gasteiger partial charge in [-0.2, -0.15) is 5.26 Å². The Morgan fingerprint density at radius 3 is 2.79 bits per heavy atom. The van der Waals surface area contributed by atoms with Crippen molar-refractivity contribution in [2.45, 2.75) is 35.5 Å². The Labute approximate surface area is 205 Å². The highest BCUT2D eigenvalue weighted by Gasteiger charge is 2.41. The number of nitrogens with two attached hydrogens (primary N) is 1. The monoisotopic (exact) mass is 488 g/mol. The molecule has 4 aromatic rings. The van der Waals surface area contributed by atoms with E-state index in [4.69, 9.17) is 22.3 Å². The van der Waals surface area contributed by atoms with Crippen LogP contribution in [0.3, 0.4) is 0 Å². The van der Waals surface area contributed by atoms with E-state index in [0.29, 0.717) is 10.8 Å². The number of hydrogen-bond donors (Lipinski definition) is 1. The van der Waals surface area contributed by atoms with Gasteiger partial charge in [-0.25, -0.2) is 14.4 Å². The highest BCUT2D eigenvalue weighted by Crippen LogP contribution is 2.46. The van der Waals surface area contributed by atoms with Crippen LogP contribution in [0.4, 0.5) is 11.8 Å². The van der Waals surface area contributed by atoms with Crippen LogP contribution in [0.1, 0.15) is 29.5 Å². The molecular weight excluding hydrogens is 468 g/mol. The number of fused-ring (bicyclic) bond motifs is 2.